The molecule has 0 aliphatic carbocycles. The molecule has 2 N–H and O–H groups in total. The molecule has 3 heteroatoms. The Hall–Kier alpha value is -1.69. The highest BCUT2D eigenvalue weighted by atomic mass is 15.1. The maximum absolute atomic E-state index is 8.78. The van der Waals surface area contributed by atoms with E-state index in [2.05, 4.69) is 17.9 Å². The van der Waals surface area contributed by atoms with Gasteiger partial charge in [0.05, 0.1) is 12.0 Å². The highest BCUT2D eigenvalue weighted by Gasteiger charge is 2.08. The first-order valence-corrected chi connectivity index (χ1v) is 5.17. The fraction of sp³-hybridized carbons (Fsp3) is 0.417. The van der Waals surface area contributed by atoms with Crippen molar-refractivity contribution >= 4 is 11.4 Å². The average Bonchev–Trinajstić information content (AvgIpc) is 2.25. The van der Waals surface area contributed by atoms with Crippen molar-refractivity contribution < 1.29 is 0 Å². The van der Waals surface area contributed by atoms with Crippen LogP contribution in [0.5, 0.6) is 0 Å². The molecule has 0 spiro atoms. The van der Waals surface area contributed by atoms with Gasteiger partial charge in [0.25, 0.3) is 0 Å². The third kappa shape index (κ3) is 3.17. The predicted molar refractivity (Wildman–Crippen MR) is 63.5 cm³/mol. The van der Waals surface area contributed by atoms with Crippen molar-refractivity contribution in [2.45, 2.75) is 13.8 Å². The molecule has 1 rings (SSSR count). The second-order valence-electron chi connectivity index (χ2n) is 3.66. The van der Waals surface area contributed by atoms with Crippen LogP contribution >= 0.6 is 0 Å². The fourth-order valence-electron chi connectivity index (χ4n) is 1.51. The number of anilines is 2. The maximum Gasteiger partial charge on any atom is 0.0671 e. The number of nitriles is 1. The number of nitrogen functional groups attached to an aromatic ring is 1. The molecule has 0 radical (unpaired) electrons. The smallest absolute Gasteiger partial charge is 0.0671 e. The van der Waals surface area contributed by atoms with Crippen molar-refractivity contribution in [1.29, 1.82) is 5.26 Å². The average molecular weight is 203 g/mol. The van der Waals surface area contributed by atoms with Gasteiger partial charge in [0.2, 0.25) is 0 Å². The van der Waals surface area contributed by atoms with E-state index in [1.165, 1.54) is 0 Å². The number of hydrogen-bond acceptors (Lipinski definition) is 3. The molecule has 1 aromatic rings. The summed E-state index contributed by atoms with van der Waals surface area (Å²) in [5.74, 6) is 0.0337. The number of nitrogens with zero attached hydrogens (tertiary/aromatic N) is 2. The molecule has 0 saturated carbocycles. The van der Waals surface area contributed by atoms with Gasteiger partial charge in [-0.2, -0.15) is 5.26 Å². The Bertz CT molecular complexity index is 354. The van der Waals surface area contributed by atoms with Crippen LogP contribution in [0.15, 0.2) is 24.3 Å². The lowest BCUT2D eigenvalue weighted by Crippen LogP contribution is -2.27. The molecule has 15 heavy (non-hydrogen) atoms. The van der Waals surface area contributed by atoms with E-state index in [1.807, 2.05) is 31.2 Å². The van der Waals surface area contributed by atoms with Crippen LogP contribution in [0.4, 0.5) is 11.4 Å². The van der Waals surface area contributed by atoms with E-state index < -0.39 is 0 Å². The molecule has 0 aromatic heterocycles. The molecule has 1 aromatic carbocycles. The summed E-state index contributed by atoms with van der Waals surface area (Å²) in [6.07, 6.45) is 0. The monoisotopic (exact) mass is 203 g/mol. The minimum atomic E-state index is 0.0337. The van der Waals surface area contributed by atoms with Crippen LogP contribution in [0.3, 0.4) is 0 Å². The van der Waals surface area contributed by atoms with E-state index in [9.17, 15) is 0 Å². The zero-order chi connectivity index (χ0) is 11.3. The van der Waals surface area contributed by atoms with Gasteiger partial charge >= 0.3 is 0 Å². The Kier molecular flexibility index (Phi) is 3.99. The van der Waals surface area contributed by atoms with Crippen molar-refractivity contribution in [2.75, 3.05) is 23.7 Å². The third-order valence-corrected chi connectivity index (χ3v) is 2.33. The Morgan fingerprint density at radius 3 is 2.80 bits per heavy atom. The first-order chi connectivity index (χ1) is 7.17. The quantitative estimate of drug-likeness (QED) is 0.764. The SMILES string of the molecule is CCN(CC(C)C#N)c1cccc(N)c1. The molecule has 80 valence electrons. The summed E-state index contributed by atoms with van der Waals surface area (Å²) >= 11 is 0. The van der Waals surface area contributed by atoms with Gasteiger partial charge in [-0.25, -0.2) is 0 Å². The van der Waals surface area contributed by atoms with E-state index in [0.717, 1.165) is 24.5 Å². The molecule has 0 amide bonds. The van der Waals surface area contributed by atoms with Crippen molar-refractivity contribution in [2.24, 2.45) is 5.92 Å². The number of nitrogens with two attached hydrogens (primary N) is 1. The molecular weight excluding hydrogens is 186 g/mol. The molecule has 0 aliphatic heterocycles. The van der Waals surface area contributed by atoms with Crippen molar-refractivity contribution in [3.05, 3.63) is 24.3 Å². The fourth-order valence-corrected chi connectivity index (χ4v) is 1.51. The first-order valence-electron chi connectivity index (χ1n) is 5.17. The van der Waals surface area contributed by atoms with Crippen molar-refractivity contribution in [1.82, 2.24) is 0 Å². The molecule has 0 bridgehead atoms. The molecular formula is C12H17N3. The summed E-state index contributed by atoms with van der Waals surface area (Å²) in [7, 11) is 0. The predicted octanol–water partition coefficient (Wildman–Crippen LogP) is 2.25. The largest absolute Gasteiger partial charge is 0.399 e. The summed E-state index contributed by atoms with van der Waals surface area (Å²) in [6, 6.07) is 10.00. The Labute approximate surface area is 91.1 Å². The lowest BCUT2D eigenvalue weighted by molar-refractivity contribution is 0.686. The Balaban J connectivity index is 2.79. The van der Waals surface area contributed by atoms with Gasteiger partial charge in [-0.05, 0) is 32.0 Å². The lowest BCUT2D eigenvalue weighted by atomic mass is 10.1. The Morgan fingerprint density at radius 1 is 1.53 bits per heavy atom. The molecule has 0 aliphatic rings. The van der Waals surface area contributed by atoms with Crippen LogP contribution in [0.1, 0.15) is 13.8 Å². The summed E-state index contributed by atoms with van der Waals surface area (Å²) in [5.41, 5.74) is 7.57. The first kappa shape index (κ1) is 11.4. The van der Waals surface area contributed by atoms with E-state index in [-0.39, 0.29) is 5.92 Å². The standard InChI is InChI=1S/C12H17N3/c1-3-15(9-10(2)8-13)12-6-4-5-11(14)7-12/h4-7,10H,3,9,14H2,1-2H3. The van der Waals surface area contributed by atoms with Crippen LogP contribution in [0.2, 0.25) is 0 Å². The highest BCUT2D eigenvalue weighted by molar-refractivity contribution is 5.55. The maximum atomic E-state index is 8.78. The summed E-state index contributed by atoms with van der Waals surface area (Å²) in [5, 5.41) is 8.78. The van der Waals surface area contributed by atoms with Gasteiger partial charge in [0.1, 0.15) is 0 Å². The second kappa shape index (κ2) is 5.26. The molecule has 1 unspecified atom stereocenters. The van der Waals surface area contributed by atoms with Crippen LogP contribution < -0.4 is 10.6 Å². The minimum Gasteiger partial charge on any atom is -0.399 e. The Morgan fingerprint density at radius 2 is 2.27 bits per heavy atom. The molecule has 3 nitrogen and oxygen atoms in total. The van der Waals surface area contributed by atoms with Crippen molar-refractivity contribution in [3.63, 3.8) is 0 Å². The number of hydrogen-bond donors (Lipinski definition) is 1. The zero-order valence-electron chi connectivity index (χ0n) is 9.27. The van der Waals surface area contributed by atoms with E-state index >= 15 is 0 Å². The van der Waals surface area contributed by atoms with Crippen LogP contribution in [0.25, 0.3) is 0 Å². The zero-order valence-corrected chi connectivity index (χ0v) is 9.27. The highest BCUT2D eigenvalue weighted by Crippen LogP contribution is 2.18. The van der Waals surface area contributed by atoms with Gasteiger partial charge in [-0.3, -0.25) is 0 Å². The van der Waals surface area contributed by atoms with Crippen LogP contribution in [-0.2, 0) is 0 Å². The minimum absolute atomic E-state index is 0.0337. The number of benzene rings is 1. The van der Waals surface area contributed by atoms with Gasteiger partial charge in [-0.1, -0.05) is 6.07 Å². The molecule has 0 saturated heterocycles. The summed E-state index contributed by atoms with van der Waals surface area (Å²) < 4.78 is 0. The summed E-state index contributed by atoms with van der Waals surface area (Å²) in [6.45, 7) is 5.63. The van der Waals surface area contributed by atoms with Crippen LogP contribution in [0, 0.1) is 17.2 Å². The molecule has 0 fully saturated rings. The van der Waals surface area contributed by atoms with Crippen LogP contribution in [-0.4, -0.2) is 13.1 Å². The third-order valence-electron chi connectivity index (χ3n) is 2.33. The molecule has 1 atom stereocenters. The van der Waals surface area contributed by atoms with Gasteiger partial charge in [0, 0.05) is 24.5 Å². The van der Waals surface area contributed by atoms with Crippen molar-refractivity contribution in [3.8, 4) is 6.07 Å². The van der Waals surface area contributed by atoms with E-state index in [1.54, 1.807) is 0 Å². The van der Waals surface area contributed by atoms with E-state index in [4.69, 9.17) is 11.0 Å². The molecule has 0 heterocycles. The lowest BCUT2D eigenvalue weighted by Gasteiger charge is -2.24. The topological polar surface area (TPSA) is 53.0 Å². The second-order valence-corrected chi connectivity index (χ2v) is 3.66. The van der Waals surface area contributed by atoms with Gasteiger partial charge < -0.3 is 10.6 Å². The van der Waals surface area contributed by atoms with Gasteiger partial charge in [0.15, 0.2) is 0 Å². The van der Waals surface area contributed by atoms with E-state index in [0.29, 0.717) is 0 Å². The summed E-state index contributed by atoms with van der Waals surface area (Å²) in [4.78, 5) is 2.16. The normalized spacial score (nSPS) is 11.8. The number of rotatable bonds is 4. The van der Waals surface area contributed by atoms with Gasteiger partial charge in [-0.15, -0.1) is 0 Å².